The van der Waals surface area contributed by atoms with Crippen molar-refractivity contribution >= 4 is 12.1 Å². The number of aliphatic carboxylic acids is 1. The summed E-state index contributed by atoms with van der Waals surface area (Å²) in [5.41, 5.74) is 4.41. The van der Waals surface area contributed by atoms with Gasteiger partial charge in [0.2, 0.25) is 5.89 Å². The third-order valence-corrected chi connectivity index (χ3v) is 5.85. The van der Waals surface area contributed by atoms with Gasteiger partial charge in [-0.25, -0.2) is 9.78 Å². The van der Waals surface area contributed by atoms with Crippen LogP contribution in [-0.4, -0.2) is 40.2 Å². The summed E-state index contributed by atoms with van der Waals surface area (Å²) in [5, 5.41) is 9.27. The normalized spacial score (nSPS) is 10.7. The largest absolute Gasteiger partial charge is 0.493 e. The highest BCUT2D eigenvalue weighted by Crippen LogP contribution is 2.22. The summed E-state index contributed by atoms with van der Waals surface area (Å²) in [4.78, 5) is 29.7. The Labute approximate surface area is 221 Å². The van der Waals surface area contributed by atoms with Crippen LogP contribution in [0.15, 0.2) is 83.3 Å². The van der Waals surface area contributed by atoms with Crippen LogP contribution in [0.5, 0.6) is 5.75 Å². The fourth-order valence-corrected chi connectivity index (χ4v) is 3.93. The SMILES string of the molecule is Cc1cccc(COC(=O)N(CC(=O)O)Cc2ccc(OCCc3nc(-c4ccccc4)oc3C)cc2)c1. The summed E-state index contributed by atoms with van der Waals surface area (Å²) in [7, 11) is 0. The number of carbonyl (C=O) groups is 2. The molecule has 0 spiro atoms. The molecule has 196 valence electrons. The minimum atomic E-state index is -1.11. The summed E-state index contributed by atoms with van der Waals surface area (Å²) in [6, 6.07) is 24.5. The van der Waals surface area contributed by atoms with Crippen LogP contribution in [0.3, 0.4) is 0 Å². The van der Waals surface area contributed by atoms with Gasteiger partial charge < -0.3 is 19.0 Å². The van der Waals surface area contributed by atoms with Crippen LogP contribution >= 0.6 is 0 Å². The summed E-state index contributed by atoms with van der Waals surface area (Å²) in [6.45, 7) is 3.95. The van der Waals surface area contributed by atoms with Crippen molar-refractivity contribution in [3.8, 4) is 17.2 Å². The number of carbonyl (C=O) groups excluding carboxylic acids is 1. The lowest BCUT2D eigenvalue weighted by Gasteiger charge is -2.20. The molecular formula is C30H30N2O6. The number of nitrogens with zero attached hydrogens (tertiary/aromatic N) is 2. The number of oxazole rings is 1. The van der Waals surface area contributed by atoms with Gasteiger partial charge in [-0.2, -0.15) is 0 Å². The summed E-state index contributed by atoms with van der Waals surface area (Å²) in [5.74, 6) is 0.891. The maximum Gasteiger partial charge on any atom is 0.410 e. The van der Waals surface area contributed by atoms with E-state index in [1.54, 1.807) is 24.3 Å². The van der Waals surface area contributed by atoms with E-state index in [4.69, 9.17) is 13.9 Å². The molecule has 1 amide bonds. The molecule has 38 heavy (non-hydrogen) atoms. The highest BCUT2D eigenvalue weighted by atomic mass is 16.6. The van der Waals surface area contributed by atoms with Gasteiger partial charge in [-0.1, -0.05) is 60.2 Å². The Morgan fingerprint density at radius 3 is 2.42 bits per heavy atom. The van der Waals surface area contributed by atoms with Crippen molar-refractivity contribution in [3.05, 3.63) is 107 Å². The van der Waals surface area contributed by atoms with Crippen molar-refractivity contribution in [2.75, 3.05) is 13.2 Å². The number of aryl methyl sites for hydroxylation is 2. The van der Waals surface area contributed by atoms with E-state index in [-0.39, 0.29) is 13.2 Å². The number of hydrogen-bond donors (Lipinski definition) is 1. The molecule has 0 aliphatic carbocycles. The van der Waals surface area contributed by atoms with Gasteiger partial charge >= 0.3 is 12.1 Å². The molecule has 0 saturated heterocycles. The molecule has 1 N–H and O–H groups in total. The van der Waals surface area contributed by atoms with Crippen LogP contribution in [0.1, 0.15) is 28.1 Å². The Morgan fingerprint density at radius 2 is 1.71 bits per heavy atom. The number of hydrogen-bond acceptors (Lipinski definition) is 6. The molecule has 8 heteroatoms. The Hall–Kier alpha value is -4.59. The van der Waals surface area contributed by atoms with E-state index in [0.717, 1.165) is 38.6 Å². The maximum absolute atomic E-state index is 12.6. The molecule has 0 saturated carbocycles. The second-order valence-electron chi connectivity index (χ2n) is 8.92. The molecule has 1 aromatic heterocycles. The van der Waals surface area contributed by atoms with Gasteiger partial charge in [-0.05, 0) is 49.2 Å². The quantitative estimate of drug-likeness (QED) is 0.270. The van der Waals surface area contributed by atoms with Crippen molar-refractivity contribution in [2.45, 2.75) is 33.4 Å². The van der Waals surface area contributed by atoms with Crippen molar-refractivity contribution in [1.29, 1.82) is 0 Å². The molecule has 4 aromatic rings. The topological polar surface area (TPSA) is 102 Å². The minimum Gasteiger partial charge on any atom is -0.493 e. The molecule has 4 rings (SSSR count). The first kappa shape index (κ1) is 26.5. The monoisotopic (exact) mass is 514 g/mol. The third kappa shape index (κ3) is 7.46. The molecular weight excluding hydrogens is 484 g/mol. The number of ether oxygens (including phenoxy) is 2. The van der Waals surface area contributed by atoms with Gasteiger partial charge in [0.05, 0.1) is 12.3 Å². The molecule has 0 atom stereocenters. The Balaban J connectivity index is 1.30. The van der Waals surface area contributed by atoms with Gasteiger partial charge in [0.25, 0.3) is 0 Å². The van der Waals surface area contributed by atoms with E-state index in [2.05, 4.69) is 4.98 Å². The fourth-order valence-electron chi connectivity index (χ4n) is 3.93. The van der Waals surface area contributed by atoms with Gasteiger partial charge in [0.1, 0.15) is 24.7 Å². The van der Waals surface area contributed by atoms with E-state index in [0.29, 0.717) is 24.7 Å². The van der Waals surface area contributed by atoms with E-state index in [9.17, 15) is 14.7 Å². The average molecular weight is 515 g/mol. The molecule has 1 heterocycles. The highest BCUT2D eigenvalue weighted by Gasteiger charge is 2.19. The van der Waals surface area contributed by atoms with Crippen LogP contribution in [-0.2, 0) is 29.1 Å². The lowest BCUT2D eigenvalue weighted by atomic mass is 10.1. The summed E-state index contributed by atoms with van der Waals surface area (Å²) < 4.78 is 17.0. The highest BCUT2D eigenvalue weighted by molar-refractivity contribution is 5.76. The number of rotatable bonds is 11. The molecule has 0 bridgehead atoms. The second-order valence-corrected chi connectivity index (χ2v) is 8.92. The third-order valence-electron chi connectivity index (χ3n) is 5.85. The van der Waals surface area contributed by atoms with Crippen LogP contribution in [0, 0.1) is 13.8 Å². The van der Waals surface area contributed by atoms with Crippen molar-refractivity contribution in [3.63, 3.8) is 0 Å². The van der Waals surface area contributed by atoms with Crippen LogP contribution < -0.4 is 4.74 Å². The number of carboxylic acid groups (broad SMARTS) is 1. The predicted octanol–water partition coefficient (Wildman–Crippen LogP) is 5.80. The zero-order valence-electron chi connectivity index (χ0n) is 21.4. The molecule has 3 aromatic carbocycles. The molecule has 0 fully saturated rings. The Morgan fingerprint density at radius 1 is 0.947 bits per heavy atom. The fraction of sp³-hybridized carbons (Fsp3) is 0.233. The Bertz CT molecular complexity index is 1370. The molecule has 8 nitrogen and oxygen atoms in total. The molecule has 0 aliphatic heterocycles. The molecule has 0 radical (unpaired) electrons. The van der Waals surface area contributed by atoms with Crippen molar-refractivity contribution < 1.29 is 28.6 Å². The first-order valence-corrected chi connectivity index (χ1v) is 12.3. The Kier molecular flexibility index (Phi) is 8.77. The van der Waals surface area contributed by atoms with Gasteiger partial charge in [0.15, 0.2) is 0 Å². The zero-order chi connectivity index (χ0) is 26.9. The first-order chi connectivity index (χ1) is 18.4. The number of benzene rings is 3. The van der Waals surface area contributed by atoms with Crippen LogP contribution in [0.25, 0.3) is 11.5 Å². The van der Waals surface area contributed by atoms with Crippen molar-refractivity contribution in [2.24, 2.45) is 0 Å². The predicted molar refractivity (Wildman–Crippen MR) is 142 cm³/mol. The average Bonchev–Trinajstić information content (AvgIpc) is 3.28. The number of amides is 1. The molecule has 0 aliphatic rings. The van der Waals surface area contributed by atoms with E-state index < -0.39 is 18.6 Å². The minimum absolute atomic E-state index is 0.0707. The number of aromatic nitrogens is 1. The van der Waals surface area contributed by atoms with E-state index in [1.165, 1.54) is 0 Å². The van der Waals surface area contributed by atoms with E-state index >= 15 is 0 Å². The molecule has 0 unspecified atom stereocenters. The van der Waals surface area contributed by atoms with Gasteiger partial charge in [-0.15, -0.1) is 0 Å². The van der Waals surface area contributed by atoms with Crippen molar-refractivity contribution in [1.82, 2.24) is 9.88 Å². The summed E-state index contributed by atoms with van der Waals surface area (Å²) >= 11 is 0. The summed E-state index contributed by atoms with van der Waals surface area (Å²) in [6.07, 6.45) is -0.101. The smallest absolute Gasteiger partial charge is 0.410 e. The first-order valence-electron chi connectivity index (χ1n) is 12.3. The van der Waals surface area contributed by atoms with Crippen LogP contribution in [0.2, 0.25) is 0 Å². The van der Waals surface area contributed by atoms with Gasteiger partial charge in [-0.3, -0.25) is 9.69 Å². The number of carboxylic acids is 1. The lowest BCUT2D eigenvalue weighted by Crippen LogP contribution is -2.35. The lowest BCUT2D eigenvalue weighted by molar-refractivity contribution is -0.138. The van der Waals surface area contributed by atoms with E-state index in [1.807, 2.05) is 68.4 Å². The second kappa shape index (κ2) is 12.6. The van der Waals surface area contributed by atoms with Crippen LogP contribution in [0.4, 0.5) is 4.79 Å². The van der Waals surface area contributed by atoms with Gasteiger partial charge in [0, 0.05) is 18.5 Å². The maximum atomic E-state index is 12.6. The zero-order valence-corrected chi connectivity index (χ0v) is 21.4. The standard InChI is InChI=1S/C30H30N2O6/c1-21-7-6-8-24(17-21)20-37-30(35)32(19-28(33)34)18-23-11-13-26(14-12-23)36-16-15-27-22(2)38-29(31-27)25-9-4-3-5-10-25/h3-14,17H,15-16,18-20H2,1-2H3,(H,33,34).